The van der Waals surface area contributed by atoms with Gasteiger partial charge in [-0.05, 0) is 12.8 Å². The zero-order chi connectivity index (χ0) is 10.3. The summed E-state index contributed by atoms with van der Waals surface area (Å²) >= 11 is 0. The van der Waals surface area contributed by atoms with E-state index in [-0.39, 0.29) is 0 Å². The van der Waals surface area contributed by atoms with E-state index in [9.17, 15) is 8.42 Å². The Kier molecular flexibility index (Phi) is 2.07. The van der Waals surface area contributed by atoms with Gasteiger partial charge in [-0.25, -0.2) is 13.6 Å². The van der Waals surface area contributed by atoms with Crippen LogP contribution in [0, 0.1) is 0 Å². The molecule has 0 aromatic carbocycles. The zero-order valence-electron chi connectivity index (χ0n) is 7.84. The van der Waals surface area contributed by atoms with Gasteiger partial charge in [0, 0.05) is 13.5 Å². The first-order chi connectivity index (χ1) is 6.47. The van der Waals surface area contributed by atoms with Gasteiger partial charge >= 0.3 is 0 Å². The molecule has 1 unspecified atom stereocenters. The van der Waals surface area contributed by atoms with Crippen molar-refractivity contribution >= 4 is 10.0 Å². The Balaban J connectivity index is 2.30. The molecule has 0 fully saturated rings. The van der Waals surface area contributed by atoms with Gasteiger partial charge in [0.05, 0.1) is 16.6 Å². The van der Waals surface area contributed by atoms with Crippen LogP contribution >= 0.6 is 0 Å². The second kappa shape index (κ2) is 3.03. The minimum Gasteiger partial charge on any atom is -0.228 e. The molecule has 1 atom stereocenters. The summed E-state index contributed by atoms with van der Waals surface area (Å²) in [4.78, 5) is 1.47. The molecule has 0 spiro atoms. The minimum atomic E-state index is -3.44. The van der Waals surface area contributed by atoms with Crippen LogP contribution in [-0.4, -0.2) is 28.7 Å². The van der Waals surface area contributed by atoms with Gasteiger partial charge in [0.25, 0.3) is 0 Å². The first-order valence-corrected chi connectivity index (χ1v) is 5.98. The number of aryl methyl sites for hydroxylation is 2. The third kappa shape index (κ3) is 1.64. The number of primary sulfonamides is 1. The maximum absolute atomic E-state index is 11.1. The predicted octanol–water partition coefficient (Wildman–Crippen LogP) is -1.04. The van der Waals surface area contributed by atoms with E-state index in [4.69, 9.17) is 5.14 Å². The van der Waals surface area contributed by atoms with Gasteiger partial charge in [-0.2, -0.15) is 15.0 Å². The largest absolute Gasteiger partial charge is 0.228 e. The van der Waals surface area contributed by atoms with Crippen LogP contribution in [-0.2, 0) is 29.9 Å². The van der Waals surface area contributed by atoms with E-state index in [1.807, 2.05) is 0 Å². The highest BCUT2D eigenvalue weighted by molar-refractivity contribution is 7.89. The van der Waals surface area contributed by atoms with E-state index in [2.05, 4.69) is 10.2 Å². The van der Waals surface area contributed by atoms with E-state index in [1.54, 1.807) is 7.05 Å². The maximum atomic E-state index is 11.1. The van der Waals surface area contributed by atoms with Gasteiger partial charge in [-0.15, -0.1) is 0 Å². The molecule has 1 aromatic heterocycles. The molecule has 6 nitrogen and oxygen atoms in total. The third-order valence-electron chi connectivity index (χ3n) is 2.45. The molecule has 0 radical (unpaired) electrons. The first-order valence-electron chi connectivity index (χ1n) is 4.37. The van der Waals surface area contributed by atoms with Gasteiger partial charge < -0.3 is 0 Å². The predicted molar refractivity (Wildman–Crippen MR) is 49.9 cm³/mol. The van der Waals surface area contributed by atoms with E-state index in [0.29, 0.717) is 19.3 Å². The molecule has 0 aliphatic heterocycles. The quantitative estimate of drug-likeness (QED) is 0.649. The van der Waals surface area contributed by atoms with E-state index < -0.39 is 15.3 Å². The number of hydrogen-bond acceptors (Lipinski definition) is 4. The van der Waals surface area contributed by atoms with Crippen LogP contribution in [0.15, 0.2) is 0 Å². The number of nitrogens with two attached hydrogens (primary N) is 1. The van der Waals surface area contributed by atoms with Crippen molar-refractivity contribution in [2.45, 2.75) is 24.5 Å². The number of rotatable bonds is 1. The molecule has 0 amide bonds. The lowest BCUT2D eigenvalue weighted by molar-refractivity contribution is 0.560. The fourth-order valence-corrected chi connectivity index (χ4v) is 2.57. The van der Waals surface area contributed by atoms with Crippen molar-refractivity contribution in [3.8, 4) is 0 Å². The average Bonchev–Trinajstić information content (AvgIpc) is 2.41. The van der Waals surface area contributed by atoms with Crippen molar-refractivity contribution in [2.75, 3.05) is 0 Å². The second-order valence-corrected chi connectivity index (χ2v) is 5.38. The molecule has 0 saturated heterocycles. The molecule has 1 heterocycles. The molecule has 1 aromatic rings. The summed E-state index contributed by atoms with van der Waals surface area (Å²) in [7, 11) is -1.71. The number of nitrogens with zero attached hydrogens (tertiary/aromatic N) is 3. The molecular weight excluding hydrogens is 204 g/mol. The number of aromatic nitrogens is 3. The Morgan fingerprint density at radius 3 is 2.71 bits per heavy atom. The number of sulfonamides is 1. The summed E-state index contributed by atoms with van der Waals surface area (Å²) in [5.41, 5.74) is 1.66. The van der Waals surface area contributed by atoms with Crippen molar-refractivity contribution < 1.29 is 8.42 Å². The van der Waals surface area contributed by atoms with E-state index in [1.165, 1.54) is 4.80 Å². The van der Waals surface area contributed by atoms with Crippen molar-refractivity contribution in [1.29, 1.82) is 0 Å². The summed E-state index contributed by atoms with van der Waals surface area (Å²) in [5, 5.41) is 12.8. The number of fused-ring (bicyclic) bond motifs is 1. The van der Waals surface area contributed by atoms with E-state index >= 15 is 0 Å². The zero-order valence-corrected chi connectivity index (χ0v) is 8.66. The Morgan fingerprint density at radius 2 is 2.07 bits per heavy atom. The Bertz CT molecular complexity index is 450. The van der Waals surface area contributed by atoms with Crippen LogP contribution in [0.5, 0.6) is 0 Å². The molecule has 14 heavy (non-hydrogen) atoms. The smallest absolute Gasteiger partial charge is 0.212 e. The molecule has 0 bridgehead atoms. The van der Waals surface area contributed by atoms with Crippen molar-refractivity contribution in [1.82, 2.24) is 15.0 Å². The van der Waals surface area contributed by atoms with Gasteiger partial charge in [-0.3, -0.25) is 0 Å². The second-order valence-electron chi connectivity index (χ2n) is 3.54. The minimum absolute atomic E-state index is 0.391. The lowest BCUT2D eigenvalue weighted by atomic mass is 10.0. The highest BCUT2D eigenvalue weighted by Gasteiger charge is 2.29. The monoisotopic (exact) mass is 216 g/mol. The van der Waals surface area contributed by atoms with Gasteiger partial charge in [-0.1, -0.05) is 0 Å². The molecule has 78 valence electrons. The summed E-state index contributed by atoms with van der Waals surface area (Å²) in [6, 6.07) is 0. The summed E-state index contributed by atoms with van der Waals surface area (Å²) in [6.45, 7) is 0. The number of hydrogen-bond donors (Lipinski definition) is 1. The van der Waals surface area contributed by atoms with E-state index in [0.717, 1.165) is 11.4 Å². The average molecular weight is 216 g/mol. The Hall–Kier alpha value is -0.950. The SMILES string of the molecule is Cn1nc2c(n1)CC(S(N)(=O)=O)CC2. The summed E-state index contributed by atoms with van der Waals surface area (Å²) in [5.74, 6) is 0. The van der Waals surface area contributed by atoms with Gasteiger partial charge in [0.1, 0.15) is 0 Å². The lowest BCUT2D eigenvalue weighted by Gasteiger charge is -2.17. The van der Waals surface area contributed by atoms with Crippen LogP contribution in [0.2, 0.25) is 0 Å². The normalized spacial score (nSPS) is 22.0. The highest BCUT2D eigenvalue weighted by atomic mass is 32.2. The summed E-state index contributed by atoms with van der Waals surface area (Å²) < 4.78 is 22.3. The molecular formula is C7H12N4O2S. The fraction of sp³-hybridized carbons (Fsp3) is 0.714. The fourth-order valence-electron chi connectivity index (χ4n) is 1.74. The van der Waals surface area contributed by atoms with Gasteiger partial charge in [0.15, 0.2) is 0 Å². The lowest BCUT2D eigenvalue weighted by Crippen LogP contribution is -2.33. The molecule has 1 aliphatic rings. The van der Waals surface area contributed by atoms with Crippen LogP contribution in [0.25, 0.3) is 0 Å². The third-order valence-corrected chi connectivity index (χ3v) is 3.78. The van der Waals surface area contributed by atoms with Gasteiger partial charge in [0.2, 0.25) is 10.0 Å². The molecule has 7 heteroatoms. The molecule has 0 saturated carbocycles. The Morgan fingerprint density at radius 1 is 1.43 bits per heavy atom. The highest BCUT2D eigenvalue weighted by Crippen LogP contribution is 2.21. The van der Waals surface area contributed by atoms with Crippen LogP contribution in [0.4, 0.5) is 0 Å². The first kappa shape index (κ1) is 9.60. The van der Waals surface area contributed by atoms with Crippen molar-refractivity contribution in [2.24, 2.45) is 12.2 Å². The molecule has 2 N–H and O–H groups in total. The van der Waals surface area contributed by atoms with Crippen molar-refractivity contribution in [3.63, 3.8) is 0 Å². The van der Waals surface area contributed by atoms with Crippen molar-refractivity contribution in [3.05, 3.63) is 11.4 Å². The topological polar surface area (TPSA) is 90.9 Å². The standard InChI is InChI=1S/C7H12N4O2S/c1-11-9-6-3-2-5(14(8,12)13)4-7(6)10-11/h5H,2-4H2,1H3,(H2,8,12,13). The molecule has 1 aliphatic carbocycles. The molecule has 2 rings (SSSR count). The van der Waals surface area contributed by atoms with Crippen LogP contribution in [0.3, 0.4) is 0 Å². The Labute approximate surface area is 82.1 Å². The van der Waals surface area contributed by atoms with Crippen LogP contribution < -0.4 is 5.14 Å². The maximum Gasteiger partial charge on any atom is 0.212 e. The van der Waals surface area contributed by atoms with Crippen LogP contribution in [0.1, 0.15) is 17.8 Å². The summed E-state index contributed by atoms with van der Waals surface area (Å²) in [6.07, 6.45) is 1.58.